The van der Waals surface area contributed by atoms with Crippen molar-refractivity contribution in [2.24, 2.45) is 0 Å². The highest BCUT2D eigenvalue weighted by atomic mass is 79.9. The Hall–Kier alpha value is -1.36. The average Bonchev–Trinajstić information content (AvgIpc) is 2.36. The van der Waals surface area contributed by atoms with Crippen molar-refractivity contribution in [2.45, 2.75) is 46.2 Å². The quantitative estimate of drug-likeness (QED) is 0.901. The van der Waals surface area contributed by atoms with Gasteiger partial charge in [0.05, 0.1) is 5.69 Å². The fourth-order valence-corrected chi connectivity index (χ4v) is 3.49. The lowest BCUT2D eigenvalue weighted by molar-refractivity contribution is -0.133. The molecule has 0 saturated carbocycles. The van der Waals surface area contributed by atoms with Gasteiger partial charge in [-0.1, -0.05) is 13.0 Å². The number of carbonyl (C=O) groups excluding carboxylic acids is 2. The van der Waals surface area contributed by atoms with Gasteiger partial charge in [-0.25, -0.2) is 0 Å². The van der Waals surface area contributed by atoms with Gasteiger partial charge in [-0.05, 0) is 60.3 Å². The second-order valence-corrected chi connectivity index (χ2v) is 6.12. The summed E-state index contributed by atoms with van der Waals surface area (Å²) in [4.78, 5) is 26.3. The lowest BCUT2D eigenvalue weighted by atomic mass is 10.0. The smallest absolute Gasteiger partial charge is 0.250 e. The molecule has 0 aliphatic carbocycles. The minimum absolute atomic E-state index is 0.0488. The molecule has 4 nitrogen and oxygen atoms in total. The second-order valence-electron chi connectivity index (χ2n) is 5.27. The summed E-state index contributed by atoms with van der Waals surface area (Å²) in [5, 5.41) is 2.77. The van der Waals surface area contributed by atoms with Crippen molar-refractivity contribution in [1.29, 1.82) is 0 Å². The third-order valence-corrected chi connectivity index (χ3v) is 4.27. The number of piperazine rings is 1. The third-order valence-electron chi connectivity index (χ3n) is 3.67. The van der Waals surface area contributed by atoms with Crippen molar-refractivity contribution in [1.82, 2.24) is 5.32 Å². The van der Waals surface area contributed by atoms with Crippen LogP contribution in [0.4, 0.5) is 5.69 Å². The molecule has 0 aromatic heterocycles. The molecule has 1 aliphatic heterocycles. The Bertz CT molecular complexity index is 548. The molecule has 2 rings (SSSR count). The van der Waals surface area contributed by atoms with Gasteiger partial charge in [0.25, 0.3) is 0 Å². The molecule has 1 fully saturated rings. The summed E-state index contributed by atoms with van der Waals surface area (Å²) >= 11 is 3.52. The summed E-state index contributed by atoms with van der Waals surface area (Å²) in [6, 6.07) is 3.05. The first-order valence-electron chi connectivity index (χ1n) is 6.77. The van der Waals surface area contributed by atoms with E-state index in [2.05, 4.69) is 21.2 Å². The zero-order valence-corrected chi connectivity index (χ0v) is 13.7. The molecule has 1 heterocycles. The van der Waals surface area contributed by atoms with E-state index >= 15 is 0 Å². The van der Waals surface area contributed by atoms with E-state index < -0.39 is 12.1 Å². The van der Waals surface area contributed by atoms with Crippen molar-refractivity contribution in [3.63, 3.8) is 0 Å². The number of amides is 2. The van der Waals surface area contributed by atoms with Gasteiger partial charge < -0.3 is 5.32 Å². The van der Waals surface area contributed by atoms with Crippen LogP contribution in [0.5, 0.6) is 0 Å². The van der Waals surface area contributed by atoms with Gasteiger partial charge in [-0.15, -0.1) is 0 Å². The summed E-state index contributed by atoms with van der Waals surface area (Å²) in [6.07, 6.45) is 0.594. The summed E-state index contributed by atoms with van der Waals surface area (Å²) in [6.45, 7) is 7.62. The predicted octanol–water partition coefficient (Wildman–Crippen LogP) is 2.70. The van der Waals surface area contributed by atoms with Gasteiger partial charge in [-0.3, -0.25) is 14.5 Å². The molecule has 20 heavy (non-hydrogen) atoms. The van der Waals surface area contributed by atoms with E-state index in [0.717, 1.165) is 21.3 Å². The molecular weight excluding hydrogens is 320 g/mol. The van der Waals surface area contributed by atoms with Gasteiger partial charge in [0, 0.05) is 4.47 Å². The number of carbonyl (C=O) groups is 2. The van der Waals surface area contributed by atoms with Crippen LogP contribution >= 0.6 is 15.9 Å². The fraction of sp³-hybridized carbons (Fsp3) is 0.467. The highest BCUT2D eigenvalue weighted by Gasteiger charge is 2.39. The van der Waals surface area contributed by atoms with Gasteiger partial charge in [0.15, 0.2) is 0 Å². The first-order valence-corrected chi connectivity index (χ1v) is 7.56. The number of rotatable bonds is 2. The van der Waals surface area contributed by atoms with Crippen LogP contribution in [-0.2, 0) is 9.59 Å². The largest absolute Gasteiger partial charge is 0.343 e. The zero-order valence-electron chi connectivity index (χ0n) is 12.2. The van der Waals surface area contributed by atoms with Crippen molar-refractivity contribution < 1.29 is 9.59 Å². The second kappa shape index (κ2) is 5.56. The third kappa shape index (κ3) is 2.46. The Labute approximate surface area is 127 Å². The van der Waals surface area contributed by atoms with Crippen molar-refractivity contribution >= 4 is 33.4 Å². The lowest BCUT2D eigenvalue weighted by Gasteiger charge is -2.38. The SMILES string of the molecule is CCC1NC(=O)C(C)N(c2c(C)cc(C)cc2Br)C1=O. The maximum absolute atomic E-state index is 12.6. The number of nitrogens with zero attached hydrogens (tertiary/aromatic N) is 1. The number of nitrogens with one attached hydrogen (secondary N) is 1. The van der Waals surface area contributed by atoms with Crippen LogP contribution in [0.3, 0.4) is 0 Å². The molecule has 2 atom stereocenters. The Morgan fingerprint density at radius 3 is 2.50 bits per heavy atom. The molecule has 108 valence electrons. The first kappa shape index (κ1) is 15.0. The Kier molecular flexibility index (Phi) is 4.18. The monoisotopic (exact) mass is 338 g/mol. The van der Waals surface area contributed by atoms with Crippen molar-refractivity contribution in [3.05, 3.63) is 27.7 Å². The van der Waals surface area contributed by atoms with Crippen LogP contribution < -0.4 is 10.2 Å². The molecule has 5 heteroatoms. The molecule has 1 saturated heterocycles. The molecular formula is C15H19BrN2O2. The van der Waals surface area contributed by atoms with Crippen LogP contribution in [0.1, 0.15) is 31.4 Å². The van der Waals surface area contributed by atoms with Crippen LogP contribution in [-0.4, -0.2) is 23.9 Å². The summed E-state index contributed by atoms with van der Waals surface area (Å²) in [7, 11) is 0. The van der Waals surface area contributed by atoms with Crippen LogP contribution in [0, 0.1) is 13.8 Å². The van der Waals surface area contributed by atoms with Gasteiger partial charge in [0.2, 0.25) is 11.8 Å². The molecule has 0 radical (unpaired) electrons. The fourth-order valence-electron chi connectivity index (χ4n) is 2.62. The Morgan fingerprint density at radius 2 is 1.95 bits per heavy atom. The molecule has 1 N–H and O–H groups in total. The predicted molar refractivity (Wildman–Crippen MR) is 82.8 cm³/mol. The molecule has 2 unspecified atom stereocenters. The molecule has 1 aliphatic rings. The van der Waals surface area contributed by atoms with E-state index in [-0.39, 0.29) is 11.8 Å². The zero-order chi connectivity index (χ0) is 15.0. The van der Waals surface area contributed by atoms with Gasteiger partial charge in [-0.2, -0.15) is 0 Å². The Balaban J connectivity index is 2.54. The summed E-state index contributed by atoms with van der Waals surface area (Å²) in [5.74, 6) is -0.157. The molecule has 1 aromatic carbocycles. The standard InChI is InChI=1S/C15H19BrN2O2/c1-5-12-15(20)18(10(4)14(19)17-12)13-9(3)6-8(2)7-11(13)16/h6-7,10,12H,5H2,1-4H3,(H,17,19). The number of halogens is 1. The van der Waals surface area contributed by atoms with Gasteiger partial charge >= 0.3 is 0 Å². The van der Waals surface area contributed by atoms with Crippen molar-refractivity contribution in [3.8, 4) is 0 Å². The van der Waals surface area contributed by atoms with Crippen LogP contribution in [0.25, 0.3) is 0 Å². The van der Waals surface area contributed by atoms with E-state index in [9.17, 15) is 9.59 Å². The minimum atomic E-state index is -0.497. The van der Waals surface area contributed by atoms with E-state index in [4.69, 9.17) is 0 Å². The number of aryl methyl sites for hydroxylation is 2. The minimum Gasteiger partial charge on any atom is -0.343 e. The normalized spacial score (nSPS) is 22.9. The highest BCUT2D eigenvalue weighted by molar-refractivity contribution is 9.10. The van der Waals surface area contributed by atoms with Crippen LogP contribution in [0.15, 0.2) is 16.6 Å². The molecule has 2 amide bonds. The van der Waals surface area contributed by atoms with Gasteiger partial charge in [0.1, 0.15) is 12.1 Å². The summed E-state index contributed by atoms with van der Waals surface area (Å²) in [5.41, 5.74) is 2.90. The lowest BCUT2D eigenvalue weighted by Crippen LogP contribution is -2.62. The van der Waals surface area contributed by atoms with Crippen LogP contribution in [0.2, 0.25) is 0 Å². The topological polar surface area (TPSA) is 49.4 Å². The number of anilines is 1. The van der Waals surface area contributed by atoms with E-state index in [1.54, 1.807) is 11.8 Å². The maximum atomic E-state index is 12.6. The number of hydrogen-bond acceptors (Lipinski definition) is 2. The maximum Gasteiger partial charge on any atom is 0.250 e. The Morgan fingerprint density at radius 1 is 1.30 bits per heavy atom. The van der Waals surface area contributed by atoms with Crippen molar-refractivity contribution in [2.75, 3.05) is 4.90 Å². The van der Waals surface area contributed by atoms with E-state index in [1.165, 1.54) is 0 Å². The molecule has 0 spiro atoms. The molecule has 0 bridgehead atoms. The average molecular weight is 339 g/mol. The summed E-state index contributed by atoms with van der Waals surface area (Å²) < 4.78 is 0.847. The first-order chi connectivity index (χ1) is 9.36. The van der Waals surface area contributed by atoms with E-state index in [0.29, 0.717) is 6.42 Å². The molecule has 1 aromatic rings. The highest BCUT2D eigenvalue weighted by Crippen LogP contribution is 2.34. The number of benzene rings is 1. The number of hydrogen-bond donors (Lipinski definition) is 1. The van der Waals surface area contributed by atoms with E-state index in [1.807, 2.05) is 32.9 Å².